The third-order valence-electron chi connectivity index (χ3n) is 3.23. The van der Waals surface area contributed by atoms with E-state index in [1.807, 2.05) is 0 Å². The Balaban J connectivity index is 2.09. The fourth-order valence-electron chi connectivity index (χ4n) is 2.10. The van der Waals surface area contributed by atoms with Crippen LogP contribution in [0.15, 0.2) is 22.7 Å². The quantitative estimate of drug-likeness (QED) is 0.792. The molecule has 0 spiro atoms. The molecule has 5 nitrogen and oxygen atoms in total. The van der Waals surface area contributed by atoms with E-state index in [1.54, 1.807) is 34.9 Å². The van der Waals surface area contributed by atoms with Crippen molar-refractivity contribution < 1.29 is 9.59 Å². The summed E-state index contributed by atoms with van der Waals surface area (Å²) in [7, 11) is 0. The van der Waals surface area contributed by atoms with Crippen LogP contribution >= 0.6 is 15.9 Å². The van der Waals surface area contributed by atoms with E-state index in [4.69, 9.17) is 5.73 Å². The largest absolute Gasteiger partial charge is 0.399 e. The van der Waals surface area contributed by atoms with Crippen LogP contribution in [0.4, 0.5) is 5.69 Å². The van der Waals surface area contributed by atoms with Crippen molar-refractivity contribution in [2.45, 2.75) is 6.92 Å². The Kier molecular flexibility index (Phi) is 4.09. The van der Waals surface area contributed by atoms with E-state index in [2.05, 4.69) is 15.9 Å². The van der Waals surface area contributed by atoms with Crippen molar-refractivity contribution >= 4 is 33.4 Å². The number of amides is 2. The fraction of sp³-hybridized carbons (Fsp3) is 0.385. The second-order valence-electron chi connectivity index (χ2n) is 4.54. The van der Waals surface area contributed by atoms with Gasteiger partial charge in [-0.25, -0.2) is 0 Å². The van der Waals surface area contributed by atoms with Crippen LogP contribution in [0, 0.1) is 0 Å². The molecule has 19 heavy (non-hydrogen) atoms. The summed E-state index contributed by atoms with van der Waals surface area (Å²) in [5, 5.41) is 0. The number of benzene rings is 1. The van der Waals surface area contributed by atoms with Gasteiger partial charge in [0.05, 0.1) is 5.56 Å². The third-order valence-corrected chi connectivity index (χ3v) is 3.92. The molecule has 6 heteroatoms. The van der Waals surface area contributed by atoms with Crippen molar-refractivity contribution in [3.63, 3.8) is 0 Å². The first-order valence-corrected chi connectivity index (χ1v) is 6.88. The average molecular weight is 326 g/mol. The molecule has 1 aromatic carbocycles. The summed E-state index contributed by atoms with van der Waals surface area (Å²) in [6, 6.07) is 5.19. The molecule has 0 saturated carbocycles. The number of nitrogen functional groups attached to an aromatic ring is 1. The lowest BCUT2D eigenvalue weighted by molar-refractivity contribution is -0.130. The van der Waals surface area contributed by atoms with Gasteiger partial charge in [-0.15, -0.1) is 0 Å². The SMILES string of the molecule is CC(=O)N1CCN(C(=O)c2cc(N)ccc2Br)CC1. The zero-order chi connectivity index (χ0) is 14.0. The van der Waals surface area contributed by atoms with Crippen molar-refractivity contribution in [2.75, 3.05) is 31.9 Å². The van der Waals surface area contributed by atoms with Gasteiger partial charge in [0.1, 0.15) is 0 Å². The number of nitrogens with zero attached hydrogens (tertiary/aromatic N) is 2. The molecule has 1 heterocycles. The summed E-state index contributed by atoms with van der Waals surface area (Å²) in [5.41, 5.74) is 6.84. The highest BCUT2D eigenvalue weighted by atomic mass is 79.9. The van der Waals surface area contributed by atoms with Crippen molar-refractivity contribution in [3.05, 3.63) is 28.2 Å². The van der Waals surface area contributed by atoms with Crippen LogP contribution in [0.2, 0.25) is 0 Å². The van der Waals surface area contributed by atoms with Gasteiger partial charge in [-0.1, -0.05) is 0 Å². The summed E-state index contributed by atoms with van der Waals surface area (Å²) in [6.07, 6.45) is 0. The van der Waals surface area contributed by atoms with Gasteiger partial charge in [-0.2, -0.15) is 0 Å². The monoisotopic (exact) mass is 325 g/mol. The number of halogens is 1. The first kappa shape index (κ1) is 13.9. The Morgan fingerprint density at radius 1 is 1.16 bits per heavy atom. The molecule has 2 N–H and O–H groups in total. The van der Waals surface area contributed by atoms with E-state index in [1.165, 1.54) is 0 Å². The highest BCUT2D eigenvalue weighted by Crippen LogP contribution is 2.21. The molecular weight excluding hydrogens is 310 g/mol. The van der Waals surface area contributed by atoms with Crippen LogP contribution in [0.3, 0.4) is 0 Å². The maximum Gasteiger partial charge on any atom is 0.255 e. The molecule has 0 bridgehead atoms. The van der Waals surface area contributed by atoms with Crippen LogP contribution in [-0.2, 0) is 4.79 Å². The zero-order valence-electron chi connectivity index (χ0n) is 10.7. The minimum absolute atomic E-state index is 0.0530. The molecule has 0 aromatic heterocycles. The summed E-state index contributed by atoms with van der Waals surface area (Å²) < 4.78 is 0.737. The molecule has 1 aromatic rings. The van der Waals surface area contributed by atoms with Crippen LogP contribution in [0.5, 0.6) is 0 Å². The first-order valence-electron chi connectivity index (χ1n) is 6.09. The third kappa shape index (κ3) is 3.07. The minimum Gasteiger partial charge on any atom is -0.399 e. The van der Waals surface area contributed by atoms with E-state index < -0.39 is 0 Å². The van der Waals surface area contributed by atoms with Gasteiger partial charge >= 0.3 is 0 Å². The average Bonchev–Trinajstić information content (AvgIpc) is 2.41. The summed E-state index contributed by atoms with van der Waals surface area (Å²) in [4.78, 5) is 27.1. The molecule has 1 saturated heterocycles. The predicted octanol–water partition coefficient (Wildman–Crippen LogP) is 1.34. The van der Waals surface area contributed by atoms with Crippen LogP contribution < -0.4 is 5.73 Å². The number of carbonyl (C=O) groups excluding carboxylic acids is 2. The fourth-order valence-corrected chi connectivity index (χ4v) is 2.52. The number of anilines is 1. The Hall–Kier alpha value is -1.56. The van der Waals surface area contributed by atoms with Crippen molar-refractivity contribution in [2.24, 2.45) is 0 Å². The first-order chi connectivity index (χ1) is 8.99. The Morgan fingerprint density at radius 2 is 1.74 bits per heavy atom. The van der Waals surface area contributed by atoms with Gasteiger partial charge in [0.25, 0.3) is 5.91 Å². The molecule has 1 fully saturated rings. The van der Waals surface area contributed by atoms with Crippen LogP contribution in [0.25, 0.3) is 0 Å². The second-order valence-corrected chi connectivity index (χ2v) is 5.39. The number of rotatable bonds is 1. The standard InChI is InChI=1S/C13H16BrN3O2/c1-9(18)16-4-6-17(7-5-16)13(19)11-8-10(15)2-3-12(11)14/h2-3,8H,4-7,15H2,1H3. The Labute approximate surface area is 120 Å². The molecule has 0 atom stereocenters. The number of carbonyl (C=O) groups is 2. The van der Waals surface area contributed by atoms with Gasteiger partial charge in [0, 0.05) is 43.3 Å². The molecule has 2 amide bonds. The number of hydrogen-bond donors (Lipinski definition) is 1. The summed E-state index contributed by atoms with van der Waals surface area (Å²) in [6.45, 7) is 3.83. The second kappa shape index (κ2) is 5.61. The number of piperazine rings is 1. The van der Waals surface area contributed by atoms with Gasteiger partial charge in [-0.3, -0.25) is 9.59 Å². The van der Waals surface area contributed by atoms with E-state index in [0.29, 0.717) is 37.4 Å². The Morgan fingerprint density at radius 3 is 2.32 bits per heavy atom. The lowest BCUT2D eigenvalue weighted by Gasteiger charge is -2.34. The zero-order valence-corrected chi connectivity index (χ0v) is 12.3. The van der Waals surface area contributed by atoms with Gasteiger partial charge in [0.15, 0.2) is 0 Å². The van der Waals surface area contributed by atoms with E-state index >= 15 is 0 Å². The minimum atomic E-state index is -0.0534. The van der Waals surface area contributed by atoms with Crippen LogP contribution in [0.1, 0.15) is 17.3 Å². The van der Waals surface area contributed by atoms with Gasteiger partial charge in [0.2, 0.25) is 5.91 Å². The summed E-state index contributed by atoms with van der Waals surface area (Å²) >= 11 is 3.37. The molecular formula is C13H16BrN3O2. The van der Waals surface area contributed by atoms with E-state index in [0.717, 1.165) is 4.47 Å². The van der Waals surface area contributed by atoms with Crippen LogP contribution in [-0.4, -0.2) is 47.8 Å². The molecule has 2 rings (SSSR count). The van der Waals surface area contributed by atoms with Gasteiger partial charge in [-0.05, 0) is 34.1 Å². The van der Waals surface area contributed by atoms with Gasteiger partial charge < -0.3 is 15.5 Å². The normalized spacial score (nSPS) is 15.5. The van der Waals surface area contributed by atoms with E-state index in [9.17, 15) is 9.59 Å². The maximum absolute atomic E-state index is 12.4. The highest BCUT2D eigenvalue weighted by molar-refractivity contribution is 9.10. The van der Waals surface area contributed by atoms with Crippen molar-refractivity contribution in [1.29, 1.82) is 0 Å². The number of hydrogen-bond acceptors (Lipinski definition) is 3. The molecule has 0 radical (unpaired) electrons. The van der Waals surface area contributed by atoms with E-state index in [-0.39, 0.29) is 11.8 Å². The molecule has 1 aliphatic rings. The predicted molar refractivity (Wildman–Crippen MR) is 76.7 cm³/mol. The molecule has 1 aliphatic heterocycles. The highest BCUT2D eigenvalue weighted by Gasteiger charge is 2.24. The molecule has 0 aliphatic carbocycles. The Bertz CT molecular complexity index is 511. The van der Waals surface area contributed by atoms with Crippen molar-refractivity contribution in [1.82, 2.24) is 9.80 Å². The summed E-state index contributed by atoms with van der Waals surface area (Å²) in [5.74, 6) is -0.000359. The molecule has 102 valence electrons. The smallest absolute Gasteiger partial charge is 0.255 e. The maximum atomic E-state index is 12.4. The lowest BCUT2D eigenvalue weighted by atomic mass is 10.1. The molecule has 0 unspecified atom stereocenters. The topological polar surface area (TPSA) is 66.6 Å². The van der Waals surface area contributed by atoms with Crippen molar-refractivity contribution in [3.8, 4) is 0 Å². The lowest BCUT2D eigenvalue weighted by Crippen LogP contribution is -2.50. The number of nitrogens with two attached hydrogens (primary N) is 1.